The van der Waals surface area contributed by atoms with Crippen molar-refractivity contribution in [2.24, 2.45) is 17.6 Å². The summed E-state index contributed by atoms with van der Waals surface area (Å²) in [4.78, 5) is 2.64. The van der Waals surface area contributed by atoms with Gasteiger partial charge in [0.2, 0.25) is 0 Å². The van der Waals surface area contributed by atoms with Gasteiger partial charge in [-0.25, -0.2) is 0 Å². The third-order valence-electron chi connectivity index (χ3n) is 4.14. The second-order valence-corrected chi connectivity index (χ2v) is 5.83. The number of nitrogens with two attached hydrogens (primary N) is 1. The zero-order chi connectivity index (χ0) is 13.0. The fourth-order valence-corrected chi connectivity index (χ4v) is 3.40. The zero-order valence-corrected chi connectivity index (χ0v) is 11.7. The molecule has 1 aromatic rings. The number of hydrogen-bond donors (Lipinski definition) is 1. The van der Waals surface area contributed by atoms with Gasteiger partial charge in [-0.05, 0) is 43.3 Å². The Bertz CT molecular complexity index is 347. The molecule has 2 nitrogen and oxygen atoms in total. The van der Waals surface area contributed by atoms with Crippen LogP contribution in [0.4, 0.5) is 0 Å². The fraction of sp³-hybridized carbons (Fsp3) is 0.625. The van der Waals surface area contributed by atoms with Crippen LogP contribution in [0.3, 0.4) is 0 Å². The quantitative estimate of drug-likeness (QED) is 0.885. The molecule has 2 unspecified atom stereocenters. The highest BCUT2D eigenvalue weighted by molar-refractivity contribution is 5.14. The highest BCUT2D eigenvalue weighted by Gasteiger charge is 2.32. The molecule has 0 amide bonds. The lowest BCUT2D eigenvalue weighted by atomic mass is 9.82. The summed E-state index contributed by atoms with van der Waals surface area (Å²) in [6.07, 6.45) is 2.59. The van der Waals surface area contributed by atoms with E-state index in [9.17, 15) is 0 Å². The highest BCUT2D eigenvalue weighted by Crippen LogP contribution is 2.29. The predicted octanol–water partition coefficient (Wildman–Crippen LogP) is 2.88. The predicted molar refractivity (Wildman–Crippen MR) is 77.3 cm³/mol. The van der Waals surface area contributed by atoms with E-state index in [-0.39, 0.29) is 0 Å². The Kier molecular flexibility index (Phi) is 4.79. The number of benzene rings is 1. The number of hydrogen-bond acceptors (Lipinski definition) is 2. The molecule has 1 fully saturated rings. The van der Waals surface area contributed by atoms with E-state index >= 15 is 0 Å². The molecule has 0 spiro atoms. The first-order valence-corrected chi connectivity index (χ1v) is 7.20. The Morgan fingerprint density at radius 1 is 1.28 bits per heavy atom. The summed E-state index contributed by atoms with van der Waals surface area (Å²) < 4.78 is 0. The van der Waals surface area contributed by atoms with Gasteiger partial charge in [-0.15, -0.1) is 0 Å². The summed E-state index contributed by atoms with van der Waals surface area (Å²) in [5.41, 5.74) is 7.38. The van der Waals surface area contributed by atoms with Gasteiger partial charge in [-0.1, -0.05) is 44.2 Å². The molecule has 0 radical (unpaired) electrons. The van der Waals surface area contributed by atoms with Crippen molar-refractivity contribution in [2.75, 3.05) is 13.1 Å². The molecule has 2 heteroatoms. The minimum Gasteiger partial charge on any atom is -0.330 e. The molecule has 2 rings (SSSR count). The van der Waals surface area contributed by atoms with Crippen molar-refractivity contribution in [3.8, 4) is 0 Å². The van der Waals surface area contributed by atoms with Gasteiger partial charge in [0.15, 0.2) is 0 Å². The van der Waals surface area contributed by atoms with E-state index in [2.05, 4.69) is 49.1 Å². The number of piperidine rings is 1. The minimum absolute atomic E-state index is 0.643. The topological polar surface area (TPSA) is 29.3 Å². The van der Waals surface area contributed by atoms with Gasteiger partial charge in [0.1, 0.15) is 0 Å². The van der Waals surface area contributed by atoms with Crippen molar-refractivity contribution >= 4 is 0 Å². The van der Waals surface area contributed by atoms with Gasteiger partial charge in [0.25, 0.3) is 0 Å². The normalized spacial score (nSPS) is 25.6. The monoisotopic (exact) mass is 246 g/mol. The smallest absolute Gasteiger partial charge is 0.0236 e. The molecule has 0 aliphatic carbocycles. The Morgan fingerprint density at radius 2 is 2.00 bits per heavy atom. The molecule has 2 atom stereocenters. The van der Waals surface area contributed by atoms with E-state index in [1.807, 2.05) is 0 Å². The SMILES string of the molecule is CC(C)C1C(CN)CCCN1Cc1ccccc1. The van der Waals surface area contributed by atoms with Crippen LogP contribution >= 0.6 is 0 Å². The summed E-state index contributed by atoms with van der Waals surface area (Å²) in [6.45, 7) is 7.77. The second-order valence-electron chi connectivity index (χ2n) is 5.83. The Hall–Kier alpha value is -0.860. The van der Waals surface area contributed by atoms with Gasteiger partial charge in [-0.3, -0.25) is 4.90 Å². The fourth-order valence-electron chi connectivity index (χ4n) is 3.40. The van der Waals surface area contributed by atoms with Crippen LogP contribution in [-0.4, -0.2) is 24.0 Å². The Morgan fingerprint density at radius 3 is 2.61 bits per heavy atom. The average molecular weight is 246 g/mol. The second kappa shape index (κ2) is 6.35. The van der Waals surface area contributed by atoms with Crippen LogP contribution in [0.1, 0.15) is 32.3 Å². The van der Waals surface area contributed by atoms with E-state index in [1.54, 1.807) is 0 Å². The number of likely N-dealkylation sites (tertiary alicyclic amines) is 1. The summed E-state index contributed by atoms with van der Waals surface area (Å²) in [7, 11) is 0. The lowest BCUT2D eigenvalue weighted by molar-refractivity contribution is 0.0565. The molecule has 18 heavy (non-hydrogen) atoms. The van der Waals surface area contributed by atoms with E-state index in [0.29, 0.717) is 17.9 Å². The third-order valence-corrected chi connectivity index (χ3v) is 4.14. The summed E-state index contributed by atoms with van der Waals surface area (Å²) >= 11 is 0. The number of rotatable bonds is 4. The molecule has 1 aliphatic heterocycles. The van der Waals surface area contributed by atoms with Crippen LogP contribution < -0.4 is 5.73 Å². The maximum absolute atomic E-state index is 5.96. The van der Waals surface area contributed by atoms with Crippen molar-refractivity contribution in [2.45, 2.75) is 39.3 Å². The van der Waals surface area contributed by atoms with E-state index in [4.69, 9.17) is 5.73 Å². The molecule has 100 valence electrons. The maximum atomic E-state index is 5.96. The first kappa shape index (κ1) is 13.6. The molecular weight excluding hydrogens is 220 g/mol. The van der Waals surface area contributed by atoms with Crippen LogP contribution in [0, 0.1) is 11.8 Å². The van der Waals surface area contributed by atoms with Gasteiger partial charge < -0.3 is 5.73 Å². The van der Waals surface area contributed by atoms with Crippen molar-refractivity contribution < 1.29 is 0 Å². The van der Waals surface area contributed by atoms with Crippen molar-refractivity contribution in [3.05, 3.63) is 35.9 Å². The molecule has 1 saturated heterocycles. The Labute approximate surface area is 111 Å². The van der Waals surface area contributed by atoms with Gasteiger partial charge in [0, 0.05) is 12.6 Å². The molecule has 0 bridgehead atoms. The first-order valence-electron chi connectivity index (χ1n) is 7.20. The summed E-state index contributed by atoms with van der Waals surface area (Å²) in [5, 5.41) is 0. The maximum Gasteiger partial charge on any atom is 0.0236 e. The average Bonchev–Trinajstić information content (AvgIpc) is 2.39. The highest BCUT2D eigenvalue weighted by atomic mass is 15.2. The number of nitrogens with zero attached hydrogens (tertiary/aromatic N) is 1. The molecule has 1 aromatic carbocycles. The van der Waals surface area contributed by atoms with E-state index < -0.39 is 0 Å². The summed E-state index contributed by atoms with van der Waals surface area (Å²) in [6, 6.07) is 11.4. The van der Waals surface area contributed by atoms with Crippen LogP contribution in [0.5, 0.6) is 0 Å². The van der Waals surface area contributed by atoms with Crippen LogP contribution in [0.15, 0.2) is 30.3 Å². The van der Waals surface area contributed by atoms with Crippen LogP contribution in [-0.2, 0) is 6.54 Å². The van der Waals surface area contributed by atoms with Crippen molar-refractivity contribution in [3.63, 3.8) is 0 Å². The van der Waals surface area contributed by atoms with E-state index in [1.165, 1.54) is 24.9 Å². The standard InChI is InChI=1S/C16H26N2/c1-13(2)16-15(11-17)9-6-10-18(16)12-14-7-4-3-5-8-14/h3-5,7-8,13,15-16H,6,9-12,17H2,1-2H3. The van der Waals surface area contributed by atoms with Crippen LogP contribution in [0.2, 0.25) is 0 Å². The van der Waals surface area contributed by atoms with Gasteiger partial charge in [0.05, 0.1) is 0 Å². The van der Waals surface area contributed by atoms with Crippen molar-refractivity contribution in [1.29, 1.82) is 0 Å². The largest absolute Gasteiger partial charge is 0.330 e. The minimum atomic E-state index is 0.643. The molecule has 1 aliphatic rings. The van der Waals surface area contributed by atoms with Crippen molar-refractivity contribution in [1.82, 2.24) is 4.90 Å². The third kappa shape index (κ3) is 3.12. The molecule has 0 aromatic heterocycles. The lowest BCUT2D eigenvalue weighted by Gasteiger charge is -2.43. The van der Waals surface area contributed by atoms with Crippen LogP contribution in [0.25, 0.3) is 0 Å². The zero-order valence-electron chi connectivity index (χ0n) is 11.7. The molecule has 2 N–H and O–H groups in total. The summed E-state index contributed by atoms with van der Waals surface area (Å²) in [5.74, 6) is 1.35. The van der Waals surface area contributed by atoms with Gasteiger partial charge >= 0.3 is 0 Å². The van der Waals surface area contributed by atoms with Gasteiger partial charge in [-0.2, -0.15) is 0 Å². The lowest BCUT2D eigenvalue weighted by Crippen LogP contribution is -2.49. The molecular formula is C16H26N2. The molecule has 0 saturated carbocycles. The Balaban J connectivity index is 2.09. The molecule has 1 heterocycles. The first-order chi connectivity index (χ1) is 8.72. The van der Waals surface area contributed by atoms with E-state index in [0.717, 1.165) is 13.1 Å².